The van der Waals surface area contributed by atoms with Gasteiger partial charge in [-0.25, -0.2) is 0 Å². The van der Waals surface area contributed by atoms with E-state index in [1.165, 1.54) is 19.3 Å². The van der Waals surface area contributed by atoms with Crippen molar-refractivity contribution in [3.63, 3.8) is 0 Å². The molecule has 2 heterocycles. The number of unbranched alkanes of at least 4 members (excludes halogenated alkanes) is 4. The summed E-state index contributed by atoms with van der Waals surface area (Å²) in [6.07, 6.45) is 10.5. The Morgan fingerprint density at radius 2 is 1.20 bits per heavy atom. The number of carbonyl (C=O) groups is 1. The summed E-state index contributed by atoms with van der Waals surface area (Å²) >= 11 is 0. The van der Waals surface area contributed by atoms with Crippen molar-refractivity contribution in [2.45, 2.75) is 155 Å². The highest BCUT2D eigenvalue weighted by Gasteiger charge is 2.41. The Hall–Kier alpha value is -1.07. The number of ether oxygens (including phenoxy) is 2. The molecule has 0 amide bonds. The average molecular weight is 493 g/mol. The molecule has 2 aliphatic rings. The molecule has 1 unspecified atom stereocenters. The standard InChI is InChI=1S/C30H56N2O3/c1-22(35-26(33)25-20-29(7,8)32-30(9,10)21-25)16-14-12-11-13-15-17-34-23(2)24-18-27(3,4)31-28(5,6)19-24/h22,24-25,31-32H,2,11-21H2,1,3-10H3. The molecule has 2 N–H and O–H groups in total. The number of carbonyl (C=O) groups excluding carboxylic acids is 1. The van der Waals surface area contributed by atoms with E-state index >= 15 is 0 Å². The van der Waals surface area contributed by atoms with Crippen LogP contribution in [0.5, 0.6) is 0 Å². The van der Waals surface area contributed by atoms with Gasteiger partial charge in [-0.15, -0.1) is 0 Å². The van der Waals surface area contributed by atoms with E-state index in [4.69, 9.17) is 9.47 Å². The molecular weight excluding hydrogens is 436 g/mol. The van der Waals surface area contributed by atoms with Crippen LogP contribution in [0.4, 0.5) is 0 Å². The van der Waals surface area contributed by atoms with Crippen molar-refractivity contribution in [3.8, 4) is 0 Å². The van der Waals surface area contributed by atoms with Crippen LogP contribution >= 0.6 is 0 Å². The van der Waals surface area contributed by atoms with Crippen LogP contribution in [0.1, 0.15) is 127 Å². The zero-order chi connectivity index (χ0) is 26.5. The quantitative estimate of drug-likeness (QED) is 0.176. The van der Waals surface area contributed by atoms with Gasteiger partial charge in [-0.2, -0.15) is 0 Å². The summed E-state index contributed by atoms with van der Waals surface area (Å²) in [6.45, 7) is 24.8. The molecule has 35 heavy (non-hydrogen) atoms. The second-order valence-electron chi connectivity index (χ2n) is 14.1. The number of hydrogen-bond acceptors (Lipinski definition) is 5. The number of hydrogen-bond donors (Lipinski definition) is 2. The molecule has 0 aromatic heterocycles. The normalized spacial score (nSPS) is 24.5. The highest BCUT2D eigenvalue weighted by atomic mass is 16.5. The van der Waals surface area contributed by atoms with E-state index in [0.717, 1.165) is 57.3 Å². The van der Waals surface area contributed by atoms with Gasteiger partial charge in [0.15, 0.2) is 0 Å². The van der Waals surface area contributed by atoms with Crippen LogP contribution in [0, 0.1) is 11.8 Å². The summed E-state index contributed by atoms with van der Waals surface area (Å²) < 4.78 is 11.9. The van der Waals surface area contributed by atoms with Gasteiger partial charge in [-0.05, 0) is 107 Å². The predicted octanol–water partition coefficient (Wildman–Crippen LogP) is 6.90. The van der Waals surface area contributed by atoms with Crippen molar-refractivity contribution in [1.82, 2.24) is 10.6 Å². The third kappa shape index (κ3) is 10.8. The van der Waals surface area contributed by atoms with Gasteiger partial charge in [-0.3, -0.25) is 4.79 Å². The lowest BCUT2D eigenvalue weighted by Gasteiger charge is -2.46. The van der Waals surface area contributed by atoms with Crippen LogP contribution in [0.3, 0.4) is 0 Å². The maximum absolute atomic E-state index is 12.8. The fraction of sp³-hybridized carbons (Fsp3) is 0.900. The zero-order valence-electron chi connectivity index (χ0n) is 24.4. The SMILES string of the molecule is C=C(OCCCCCCCC(C)OC(=O)C1CC(C)(C)NC(C)(C)C1)C1CC(C)(C)NC(C)(C)C1. The van der Waals surface area contributed by atoms with Gasteiger partial charge in [0.2, 0.25) is 0 Å². The van der Waals surface area contributed by atoms with Gasteiger partial charge in [0.1, 0.15) is 0 Å². The van der Waals surface area contributed by atoms with Crippen LogP contribution in [0.25, 0.3) is 0 Å². The highest BCUT2D eigenvalue weighted by molar-refractivity contribution is 5.73. The summed E-state index contributed by atoms with van der Waals surface area (Å²) in [6, 6.07) is 0. The molecule has 204 valence electrons. The first-order valence-corrected chi connectivity index (χ1v) is 14.1. The maximum Gasteiger partial charge on any atom is 0.309 e. The summed E-state index contributed by atoms with van der Waals surface area (Å²) in [5.74, 6) is 1.36. The molecule has 2 aliphatic heterocycles. The Balaban J connectivity index is 1.55. The summed E-state index contributed by atoms with van der Waals surface area (Å²) in [4.78, 5) is 12.8. The van der Waals surface area contributed by atoms with Crippen LogP contribution in [-0.2, 0) is 14.3 Å². The van der Waals surface area contributed by atoms with Crippen molar-refractivity contribution in [2.24, 2.45) is 11.8 Å². The molecule has 1 atom stereocenters. The Morgan fingerprint density at radius 1 is 0.771 bits per heavy atom. The number of rotatable bonds is 12. The highest BCUT2D eigenvalue weighted by Crippen LogP contribution is 2.37. The minimum Gasteiger partial charge on any atom is -0.498 e. The summed E-state index contributed by atoms with van der Waals surface area (Å²) in [5.41, 5.74) is 0.160. The molecule has 2 rings (SSSR count). The largest absolute Gasteiger partial charge is 0.498 e. The van der Waals surface area contributed by atoms with Crippen LogP contribution in [0.2, 0.25) is 0 Å². The van der Waals surface area contributed by atoms with Crippen molar-refractivity contribution >= 4 is 5.97 Å². The topological polar surface area (TPSA) is 59.6 Å². The van der Waals surface area contributed by atoms with Gasteiger partial charge in [0, 0.05) is 28.1 Å². The third-order valence-electron chi connectivity index (χ3n) is 7.53. The smallest absolute Gasteiger partial charge is 0.309 e. The first-order valence-electron chi connectivity index (χ1n) is 14.1. The molecule has 0 saturated carbocycles. The van der Waals surface area contributed by atoms with Crippen molar-refractivity contribution in [2.75, 3.05) is 6.61 Å². The molecule has 0 spiro atoms. The number of nitrogens with one attached hydrogen (secondary N) is 2. The van der Waals surface area contributed by atoms with Gasteiger partial charge in [0.05, 0.1) is 24.4 Å². The lowest BCUT2D eigenvalue weighted by molar-refractivity contribution is -0.156. The number of allylic oxidation sites excluding steroid dienone is 1. The molecule has 0 bridgehead atoms. The molecule has 0 aromatic carbocycles. The van der Waals surface area contributed by atoms with E-state index in [0.29, 0.717) is 5.92 Å². The number of piperidine rings is 2. The fourth-order valence-corrected chi connectivity index (χ4v) is 6.78. The van der Waals surface area contributed by atoms with Crippen LogP contribution in [0.15, 0.2) is 12.3 Å². The molecule has 0 aromatic rings. The van der Waals surface area contributed by atoms with Gasteiger partial charge >= 0.3 is 5.97 Å². The Labute approximate surface area is 216 Å². The Bertz CT molecular complexity index is 678. The molecule has 2 fully saturated rings. The summed E-state index contributed by atoms with van der Waals surface area (Å²) in [5, 5.41) is 7.37. The second kappa shape index (κ2) is 12.0. The molecule has 2 saturated heterocycles. The average Bonchev–Trinajstić information content (AvgIpc) is 2.64. The second-order valence-corrected chi connectivity index (χ2v) is 14.1. The Kier molecular flexibility index (Phi) is 10.3. The summed E-state index contributed by atoms with van der Waals surface area (Å²) in [7, 11) is 0. The molecule has 5 heteroatoms. The lowest BCUT2D eigenvalue weighted by atomic mass is 9.75. The minimum absolute atomic E-state index is 0.00579. The monoisotopic (exact) mass is 492 g/mol. The first kappa shape index (κ1) is 30.2. The van der Waals surface area contributed by atoms with Gasteiger partial charge in [0.25, 0.3) is 0 Å². The van der Waals surface area contributed by atoms with Gasteiger partial charge < -0.3 is 20.1 Å². The number of esters is 1. The Morgan fingerprint density at radius 3 is 1.71 bits per heavy atom. The van der Waals surface area contributed by atoms with E-state index in [2.05, 4.69) is 72.6 Å². The first-order chi connectivity index (χ1) is 16.0. The lowest BCUT2D eigenvalue weighted by Crippen LogP contribution is -2.59. The van der Waals surface area contributed by atoms with Crippen molar-refractivity contribution in [3.05, 3.63) is 12.3 Å². The zero-order valence-corrected chi connectivity index (χ0v) is 24.4. The minimum atomic E-state index is -0.0362. The van der Waals surface area contributed by atoms with Crippen LogP contribution in [-0.4, -0.2) is 40.8 Å². The van der Waals surface area contributed by atoms with E-state index in [1.54, 1.807) is 0 Å². The molecule has 0 radical (unpaired) electrons. The fourth-order valence-electron chi connectivity index (χ4n) is 6.78. The van der Waals surface area contributed by atoms with Crippen molar-refractivity contribution < 1.29 is 14.3 Å². The predicted molar refractivity (Wildman–Crippen MR) is 146 cm³/mol. The molecule has 0 aliphatic carbocycles. The molecular formula is C30H56N2O3. The maximum atomic E-state index is 12.8. The van der Waals surface area contributed by atoms with E-state index in [-0.39, 0.29) is 40.1 Å². The van der Waals surface area contributed by atoms with Crippen molar-refractivity contribution in [1.29, 1.82) is 0 Å². The van der Waals surface area contributed by atoms with E-state index in [9.17, 15) is 4.79 Å². The third-order valence-corrected chi connectivity index (χ3v) is 7.53. The van der Waals surface area contributed by atoms with Crippen LogP contribution < -0.4 is 10.6 Å². The van der Waals surface area contributed by atoms with E-state index in [1.807, 2.05) is 6.92 Å². The molecule has 5 nitrogen and oxygen atoms in total. The van der Waals surface area contributed by atoms with E-state index < -0.39 is 0 Å². The van der Waals surface area contributed by atoms with Gasteiger partial charge in [-0.1, -0.05) is 25.8 Å².